The topological polar surface area (TPSA) is 56.8 Å². The molecule has 0 saturated carbocycles. The fraction of sp³-hybridized carbons (Fsp3) is 0.167. The predicted molar refractivity (Wildman–Crippen MR) is 88.3 cm³/mol. The van der Waals surface area contributed by atoms with E-state index in [1.54, 1.807) is 56.7 Å². The van der Waals surface area contributed by atoms with Crippen molar-refractivity contribution in [2.45, 2.75) is 0 Å². The van der Waals surface area contributed by atoms with Crippen LogP contribution in [0.5, 0.6) is 17.2 Å². The third-order valence-corrected chi connectivity index (χ3v) is 3.08. The number of terminal acetylenes is 1. The molecule has 0 atom stereocenters. The van der Waals surface area contributed by atoms with Gasteiger partial charge in [0, 0.05) is 17.3 Å². The molecule has 5 heteroatoms. The Morgan fingerprint density at radius 1 is 1.09 bits per heavy atom. The lowest BCUT2D eigenvalue weighted by Crippen LogP contribution is -2.12. The van der Waals surface area contributed by atoms with Gasteiger partial charge in [0.2, 0.25) is 0 Å². The first-order chi connectivity index (χ1) is 11.2. The summed E-state index contributed by atoms with van der Waals surface area (Å²) in [6.45, 7) is 0.192. The molecule has 1 N–H and O–H groups in total. The fourth-order valence-electron chi connectivity index (χ4n) is 1.94. The molecule has 0 aromatic heterocycles. The van der Waals surface area contributed by atoms with Crippen LogP contribution in [0.2, 0.25) is 0 Å². The third kappa shape index (κ3) is 4.17. The molecule has 1 amide bonds. The van der Waals surface area contributed by atoms with E-state index < -0.39 is 0 Å². The summed E-state index contributed by atoms with van der Waals surface area (Å²) in [5.41, 5.74) is 1.12. The Bertz CT molecular complexity index is 717. The largest absolute Gasteiger partial charge is 0.493 e. The molecule has 0 radical (unpaired) electrons. The highest BCUT2D eigenvalue weighted by atomic mass is 16.5. The van der Waals surface area contributed by atoms with E-state index in [0.29, 0.717) is 28.5 Å². The molecule has 0 saturated heterocycles. The van der Waals surface area contributed by atoms with Gasteiger partial charge in [-0.3, -0.25) is 4.79 Å². The summed E-state index contributed by atoms with van der Waals surface area (Å²) in [6, 6.07) is 11.9. The number of carbonyl (C=O) groups excluding carboxylic acids is 1. The van der Waals surface area contributed by atoms with Crippen LogP contribution in [-0.4, -0.2) is 26.7 Å². The molecular weight excluding hydrogens is 294 g/mol. The number of amides is 1. The van der Waals surface area contributed by atoms with E-state index >= 15 is 0 Å². The van der Waals surface area contributed by atoms with Gasteiger partial charge in [-0.1, -0.05) is 5.92 Å². The smallest absolute Gasteiger partial charge is 0.255 e. The maximum Gasteiger partial charge on any atom is 0.255 e. The van der Waals surface area contributed by atoms with E-state index in [-0.39, 0.29) is 12.5 Å². The van der Waals surface area contributed by atoms with Crippen molar-refractivity contribution in [2.75, 3.05) is 26.1 Å². The summed E-state index contributed by atoms with van der Waals surface area (Å²) in [7, 11) is 3.10. The molecule has 23 heavy (non-hydrogen) atoms. The minimum absolute atomic E-state index is 0.192. The highest BCUT2D eigenvalue weighted by Crippen LogP contribution is 2.29. The first-order valence-corrected chi connectivity index (χ1v) is 6.87. The molecule has 0 heterocycles. The van der Waals surface area contributed by atoms with Crippen LogP contribution >= 0.6 is 0 Å². The number of methoxy groups -OCH3 is 2. The Hall–Kier alpha value is -3.13. The molecule has 0 aliphatic rings. The standard InChI is InChI=1S/C18H17NO4/c1-4-11-23-15-8-5-13(6-9-15)18(20)19-14-7-10-16(21-2)17(12-14)22-3/h1,5-10,12H,11H2,2-3H3,(H,19,20). The lowest BCUT2D eigenvalue weighted by Gasteiger charge is -2.11. The Balaban J connectivity index is 2.08. The predicted octanol–water partition coefficient (Wildman–Crippen LogP) is 2.97. The number of hydrogen-bond donors (Lipinski definition) is 1. The van der Waals surface area contributed by atoms with Crippen LogP contribution in [0.4, 0.5) is 5.69 Å². The van der Waals surface area contributed by atoms with Gasteiger partial charge in [-0.2, -0.15) is 0 Å². The molecule has 0 bridgehead atoms. The average Bonchev–Trinajstić information content (AvgIpc) is 2.60. The summed E-state index contributed by atoms with van der Waals surface area (Å²) < 4.78 is 15.6. The van der Waals surface area contributed by atoms with Gasteiger partial charge in [-0.15, -0.1) is 6.42 Å². The zero-order valence-electron chi connectivity index (χ0n) is 13.0. The lowest BCUT2D eigenvalue weighted by atomic mass is 10.2. The molecule has 2 aromatic rings. The Morgan fingerprint density at radius 3 is 2.39 bits per heavy atom. The minimum atomic E-state index is -0.235. The SMILES string of the molecule is C#CCOc1ccc(C(=O)Nc2ccc(OC)c(OC)c2)cc1. The number of hydrogen-bond acceptors (Lipinski definition) is 4. The van der Waals surface area contributed by atoms with Gasteiger partial charge in [0.05, 0.1) is 14.2 Å². The summed E-state index contributed by atoms with van der Waals surface area (Å²) in [5, 5.41) is 2.80. The van der Waals surface area contributed by atoms with E-state index in [4.69, 9.17) is 20.6 Å². The summed E-state index contributed by atoms with van der Waals surface area (Å²) in [5.74, 6) is 3.91. The zero-order valence-corrected chi connectivity index (χ0v) is 13.0. The van der Waals surface area contributed by atoms with Crippen molar-refractivity contribution in [3.05, 3.63) is 48.0 Å². The molecule has 0 aliphatic heterocycles. The van der Waals surface area contributed by atoms with Gasteiger partial charge in [0.15, 0.2) is 11.5 Å². The van der Waals surface area contributed by atoms with Crippen molar-refractivity contribution in [1.82, 2.24) is 0 Å². The second-order valence-electron chi connectivity index (χ2n) is 4.54. The van der Waals surface area contributed by atoms with Gasteiger partial charge >= 0.3 is 0 Å². The number of carbonyl (C=O) groups is 1. The van der Waals surface area contributed by atoms with Crippen LogP contribution in [0.25, 0.3) is 0 Å². The van der Waals surface area contributed by atoms with Crippen molar-refractivity contribution < 1.29 is 19.0 Å². The highest BCUT2D eigenvalue weighted by molar-refractivity contribution is 6.04. The summed E-state index contributed by atoms with van der Waals surface area (Å²) >= 11 is 0. The molecule has 0 unspecified atom stereocenters. The van der Waals surface area contributed by atoms with E-state index in [2.05, 4.69) is 11.2 Å². The first kappa shape index (κ1) is 16.2. The average molecular weight is 311 g/mol. The van der Waals surface area contributed by atoms with Crippen LogP contribution in [0.15, 0.2) is 42.5 Å². The van der Waals surface area contributed by atoms with Crippen molar-refractivity contribution >= 4 is 11.6 Å². The van der Waals surface area contributed by atoms with Crippen LogP contribution in [0.1, 0.15) is 10.4 Å². The molecule has 5 nitrogen and oxygen atoms in total. The van der Waals surface area contributed by atoms with E-state index in [1.807, 2.05) is 0 Å². The maximum atomic E-state index is 12.2. The molecule has 0 spiro atoms. The number of ether oxygens (including phenoxy) is 3. The molecule has 2 aromatic carbocycles. The second kappa shape index (κ2) is 7.76. The van der Waals surface area contributed by atoms with Crippen molar-refractivity contribution in [3.63, 3.8) is 0 Å². The van der Waals surface area contributed by atoms with E-state index in [9.17, 15) is 4.79 Å². The van der Waals surface area contributed by atoms with Crippen molar-refractivity contribution in [2.24, 2.45) is 0 Å². The Labute approximate surface area is 135 Å². The minimum Gasteiger partial charge on any atom is -0.493 e. The quantitative estimate of drug-likeness (QED) is 0.833. The Morgan fingerprint density at radius 2 is 1.78 bits per heavy atom. The van der Waals surface area contributed by atoms with Gasteiger partial charge < -0.3 is 19.5 Å². The molecule has 0 aliphatic carbocycles. The van der Waals surface area contributed by atoms with Crippen LogP contribution < -0.4 is 19.5 Å². The van der Waals surface area contributed by atoms with Gasteiger partial charge in [0.1, 0.15) is 12.4 Å². The molecule has 118 valence electrons. The monoisotopic (exact) mass is 311 g/mol. The molecule has 0 fully saturated rings. The first-order valence-electron chi connectivity index (χ1n) is 6.87. The number of rotatable bonds is 6. The fourth-order valence-corrected chi connectivity index (χ4v) is 1.94. The summed E-state index contributed by atoms with van der Waals surface area (Å²) in [6.07, 6.45) is 5.13. The van der Waals surface area contributed by atoms with Crippen LogP contribution in [-0.2, 0) is 0 Å². The number of anilines is 1. The summed E-state index contributed by atoms with van der Waals surface area (Å²) in [4.78, 5) is 12.2. The maximum absolute atomic E-state index is 12.2. The number of nitrogens with one attached hydrogen (secondary N) is 1. The van der Waals surface area contributed by atoms with Crippen molar-refractivity contribution in [3.8, 4) is 29.6 Å². The van der Waals surface area contributed by atoms with Gasteiger partial charge in [0.25, 0.3) is 5.91 Å². The molecular formula is C18H17NO4. The van der Waals surface area contributed by atoms with Gasteiger partial charge in [-0.25, -0.2) is 0 Å². The van der Waals surface area contributed by atoms with E-state index in [1.165, 1.54) is 0 Å². The third-order valence-electron chi connectivity index (χ3n) is 3.08. The van der Waals surface area contributed by atoms with Crippen molar-refractivity contribution in [1.29, 1.82) is 0 Å². The van der Waals surface area contributed by atoms with Gasteiger partial charge in [-0.05, 0) is 36.4 Å². The van der Waals surface area contributed by atoms with Crippen LogP contribution in [0, 0.1) is 12.3 Å². The Kier molecular flexibility index (Phi) is 5.48. The molecule has 2 rings (SSSR count). The number of benzene rings is 2. The highest BCUT2D eigenvalue weighted by Gasteiger charge is 2.09. The lowest BCUT2D eigenvalue weighted by molar-refractivity contribution is 0.102. The van der Waals surface area contributed by atoms with Crippen LogP contribution in [0.3, 0.4) is 0 Å². The second-order valence-corrected chi connectivity index (χ2v) is 4.54. The normalized spacial score (nSPS) is 9.61. The zero-order chi connectivity index (χ0) is 16.7. The van der Waals surface area contributed by atoms with E-state index in [0.717, 1.165) is 0 Å².